The van der Waals surface area contributed by atoms with Crippen molar-refractivity contribution in [3.05, 3.63) is 0 Å². The van der Waals surface area contributed by atoms with Crippen molar-refractivity contribution in [2.24, 2.45) is 5.92 Å². The lowest BCUT2D eigenvalue weighted by atomic mass is 9.84. The second-order valence-corrected chi connectivity index (χ2v) is 5.62. The Morgan fingerprint density at radius 2 is 1.60 bits per heavy atom. The minimum atomic E-state index is -4.39. The lowest BCUT2D eigenvalue weighted by Crippen LogP contribution is -2.33. The SMILES string of the molecule is CCCC(CCC)C(C)(C)OP(=O)(O)O. The fraction of sp³-hybridized carbons (Fsp3) is 1.00. The summed E-state index contributed by atoms with van der Waals surface area (Å²) in [6.45, 7) is 7.64. The minimum absolute atomic E-state index is 0.195. The number of hydrogen-bond donors (Lipinski definition) is 2. The van der Waals surface area contributed by atoms with E-state index in [9.17, 15) is 4.57 Å². The first kappa shape index (κ1) is 15.1. The summed E-state index contributed by atoms with van der Waals surface area (Å²) in [6, 6.07) is 0. The largest absolute Gasteiger partial charge is 0.470 e. The molecule has 0 bridgehead atoms. The van der Waals surface area contributed by atoms with Crippen LogP contribution in [0.4, 0.5) is 0 Å². The predicted octanol–water partition coefficient (Wildman–Crippen LogP) is 3.09. The van der Waals surface area contributed by atoms with Crippen molar-refractivity contribution in [1.29, 1.82) is 0 Å². The Morgan fingerprint density at radius 3 is 1.87 bits per heavy atom. The van der Waals surface area contributed by atoms with Crippen molar-refractivity contribution in [3.63, 3.8) is 0 Å². The van der Waals surface area contributed by atoms with Crippen LogP contribution in [0, 0.1) is 5.92 Å². The van der Waals surface area contributed by atoms with Crippen LogP contribution in [-0.4, -0.2) is 15.4 Å². The molecule has 4 nitrogen and oxygen atoms in total. The number of phosphoric acid groups is 1. The van der Waals surface area contributed by atoms with Gasteiger partial charge in [0.25, 0.3) is 0 Å². The van der Waals surface area contributed by atoms with Gasteiger partial charge < -0.3 is 9.79 Å². The molecule has 0 atom stereocenters. The second kappa shape index (κ2) is 6.00. The molecule has 2 N–H and O–H groups in total. The minimum Gasteiger partial charge on any atom is -0.303 e. The molecule has 0 aromatic carbocycles. The summed E-state index contributed by atoms with van der Waals surface area (Å²) in [4.78, 5) is 17.7. The van der Waals surface area contributed by atoms with E-state index in [-0.39, 0.29) is 5.92 Å². The maximum atomic E-state index is 10.8. The molecule has 0 aromatic heterocycles. The standard InChI is InChI=1S/C10H23O4P/c1-5-7-9(8-6-2)10(3,4)14-15(11,12)13/h9H,5-8H2,1-4H3,(H2,11,12,13). The molecule has 0 aliphatic rings. The van der Waals surface area contributed by atoms with Crippen molar-refractivity contribution in [2.45, 2.75) is 59.0 Å². The average Bonchev–Trinajstić information content (AvgIpc) is 1.99. The van der Waals surface area contributed by atoms with E-state index in [1.807, 2.05) is 0 Å². The molecule has 0 unspecified atom stereocenters. The summed E-state index contributed by atoms with van der Waals surface area (Å²) in [5, 5.41) is 0. The van der Waals surface area contributed by atoms with Crippen LogP contribution in [0.3, 0.4) is 0 Å². The van der Waals surface area contributed by atoms with Crippen LogP contribution in [0.5, 0.6) is 0 Å². The Balaban J connectivity index is 4.54. The molecule has 0 radical (unpaired) electrons. The average molecular weight is 238 g/mol. The molecule has 92 valence electrons. The first-order chi connectivity index (χ1) is 6.73. The van der Waals surface area contributed by atoms with Gasteiger partial charge in [-0.1, -0.05) is 26.7 Å². The van der Waals surface area contributed by atoms with Gasteiger partial charge in [0.15, 0.2) is 0 Å². The zero-order valence-electron chi connectivity index (χ0n) is 10.1. The summed E-state index contributed by atoms with van der Waals surface area (Å²) < 4.78 is 15.7. The van der Waals surface area contributed by atoms with Gasteiger partial charge in [-0.2, -0.15) is 0 Å². The predicted molar refractivity (Wildman–Crippen MR) is 60.5 cm³/mol. The highest BCUT2D eigenvalue weighted by Crippen LogP contribution is 2.45. The molecule has 0 amide bonds. The van der Waals surface area contributed by atoms with E-state index in [2.05, 4.69) is 13.8 Å². The lowest BCUT2D eigenvalue weighted by molar-refractivity contribution is 0.00686. The van der Waals surface area contributed by atoms with Crippen molar-refractivity contribution < 1.29 is 18.9 Å². The van der Waals surface area contributed by atoms with Crippen molar-refractivity contribution in [2.75, 3.05) is 0 Å². The first-order valence-electron chi connectivity index (χ1n) is 5.49. The molecule has 0 saturated carbocycles. The lowest BCUT2D eigenvalue weighted by Gasteiger charge is -2.34. The molecule has 0 aromatic rings. The highest BCUT2D eigenvalue weighted by molar-refractivity contribution is 7.46. The van der Waals surface area contributed by atoms with Crippen molar-refractivity contribution in [3.8, 4) is 0 Å². The van der Waals surface area contributed by atoms with E-state index < -0.39 is 13.4 Å². The molecular weight excluding hydrogens is 215 g/mol. The summed E-state index contributed by atoms with van der Waals surface area (Å²) in [5.41, 5.74) is -0.759. The zero-order valence-corrected chi connectivity index (χ0v) is 11.0. The molecule has 0 aliphatic heterocycles. The molecule has 0 aliphatic carbocycles. The zero-order chi connectivity index (χ0) is 12.1. The topological polar surface area (TPSA) is 66.8 Å². The molecule has 15 heavy (non-hydrogen) atoms. The molecule has 0 spiro atoms. The molecule has 0 fully saturated rings. The Morgan fingerprint density at radius 1 is 1.20 bits per heavy atom. The Kier molecular flexibility index (Phi) is 6.04. The van der Waals surface area contributed by atoms with E-state index in [0.29, 0.717) is 0 Å². The van der Waals surface area contributed by atoms with Crippen LogP contribution in [0.25, 0.3) is 0 Å². The van der Waals surface area contributed by atoms with Gasteiger partial charge in [-0.3, -0.25) is 4.52 Å². The fourth-order valence-electron chi connectivity index (χ4n) is 1.92. The van der Waals surface area contributed by atoms with E-state index in [1.165, 1.54) is 0 Å². The molecule has 0 heterocycles. The maximum absolute atomic E-state index is 10.8. The van der Waals surface area contributed by atoms with Crippen molar-refractivity contribution >= 4 is 7.82 Å². The number of hydrogen-bond acceptors (Lipinski definition) is 2. The van der Waals surface area contributed by atoms with Crippen LogP contribution in [-0.2, 0) is 9.09 Å². The van der Waals surface area contributed by atoms with Crippen molar-refractivity contribution in [1.82, 2.24) is 0 Å². The smallest absolute Gasteiger partial charge is 0.303 e. The maximum Gasteiger partial charge on any atom is 0.470 e. The Bertz CT molecular complexity index is 215. The Labute approximate surface area is 92.3 Å². The third-order valence-corrected chi connectivity index (χ3v) is 3.32. The molecule has 0 saturated heterocycles. The van der Waals surface area contributed by atoms with Gasteiger partial charge in [-0.15, -0.1) is 0 Å². The van der Waals surface area contributed by atoms with Gasteiger partial charge in [0.2, 0.25) is 0 Å². The summed E-state index contributed by atoms with van der Waals surface area (Å²) in [5.74, 6) is 0.195. The summed E-state index contributed by atoms with van der Waals surface area (Å²) in [7, 11) is -4.39. The van der Waals surface area contributed by atoms with Gasteiger partial charge >= 0.3 is 7.82 Å². The summed E-state index contributed by atoms with van der Waals surface area (Å²) in [6.07, 6.45) is 3.86. The number of rotatable bonds is 7. The van der Waals surface area contributed by atoms with Gasteiger partial charge in [-0.25, -0.2) is 4.57 Å². The van der Waals surface area contributed by atoms with E-state index >= 15 is 0 Å². The van der Waals surface area contributed by atoms with Crippen LogP contribution >= 0.6 is 7.82 Å². The normalized spacial score (nSPS) is 13.5. The third kappa shape index (κ3) is 6.31. The van der Waals surface area contributed by atoms with E-state index in [1.54, 1.807) is 13.8 Å². The van der Waals surface area contributed by atoms with Crippen LogP contribution in [0.15, 0.2) is 0 Å². The van der Waals surface area contributed by atoms with Gasteiger partial charge in [0.1, 0.15) is 0 Å². The third-order valence-electron chi connectivity index (χ3n) is 2.61. The molecular formula is C10H23O4P. The monoisotopic (exact) mass is 238 g/mol. The van der Waals surface area contributed by atoms with E-state index in [0.717, 1.165) is 25.7 Å². The highest BCUT2D eigenvalue weighted by atomic mass is 31.2. The fourth-order valence-corrected chi connectivity index (χ4v) is 2.68. The van der Waals surface area contributed by atoms with Gasteiger partial charge in [0, 0.05) is 0 Å². The second-order valence-electron chi connectivity index (χ2n) is 4.46. The quantitative estimate of drug-likeness (QED) is 0.669. The molecule has 0 rings (SSSR count). The van der Waals surface area contributed by atoms with Gasteiger partial charge in [0.05, 0.1) is 5.60 Å². The van der Waals surface area contributed by atoms with Gasteiger partial charge in [-0.05, 0) is 32.6 Å². The Hall–Kier alpha value is 0.110. The highest BCUT2D eigenvalue weighted by Gasteiger charge is 2.35. The summed E-state index contributed by atoms with van der Waals surface area (Å²) >= 11 is 0. The first-order valence-corrected chi connectivity index (χ1v) is 7.02. The van der Waals surface area contributed by atoms with Crippen LogP contribution < -0.4 is 0 Å². The molecule has 5 heteroatoms. The van der Waals surface area contributed by atoms with Crippen LogP contribution in [0.1, 0.15) is 53.4 Å². The number of phosphoric ester groups is 1. The van der Waals surface area contributed by atoms with E-state index in [4.69, 9.17) is 14.3 Å². The van der Waals surface area contributed by atoms with Crippen LogP contribution in [0.2, 0.25) is 0 Å².